The van der Waals surface area contributed by atoms with Gasteiger partial charge in [-0.1, -0.05) is 0 Å². The zero-order valence-corrected chi connectivity index (χ0v) is 14.9. The third-order valence-corrected chi connectivity index (χ3v) is 4.48. The molecule has 0 radical (unpaired) electrons. The number of ether oxygens (including phenoxy) is 2. The maximum absolute atomic E-state index is 13.7. The highest BCUT2D eigenvalue weighted by Crippen LogP contribution is 2.35. The van der Waals surface area contributed by atoms with Gasteiger partial charge in [-0.2, -0.15) is 5.10 Å². The molecule has 8 heteroatoms. The van der Waals surface area contributed by atoms with Gasteiger partial charge in [0.15, 0.2) is 17.4 Å². The Morgan fingerprint density at radius 3 is 2.96 bits per heavy atom. The molecule has 0 fully saturated rings. The van der Waals surface area contributed by atoms with Crippen LogP contribution in [0.5, 0.6) is 11.5 Å². The lowest BCUT2D eigenvalue weighted by atomic mass is 10.0. The van der Waals surface area contributed by atoms with Crippen LogP contribution in [0.2, 0.25) is 0 Å². The lowest BCUT2D eigenvalue weighted by Gasteiger charge is -2.13. The second-order valence-corrected chi connectivity index (χ2v) is 6.28. The molecule has 4 rings (SSSR count). The second kappa shape index (κ2) is 7.14. The number of aromatic nitrogens is 3. The van der Waals surface area contributed by atoms with Gasteiger partial charge in [-0.3, -0.25) is 5.10 Å². The molecular formula is C19H20FN5O2. The van der Waals surface area contributed by atoms with Crippen LogP contribution in [0.25, 0.3) is 11.1 Å². The van der Waals surface area contributed by atoms with E-state index in [1.807, 2.05) is 13.1 Å². The molecule has 3 aromatic rings. The predicted molar refractivity (Wildman–Crippen MR) is 100 cm³/mol. The first-order valence-electron chi connectivity index (χ1n) is 8.70. The van der Waals surface area contributed by atoms with Crippen molar-refractivity contribution in [2.75, 3.05) is 24.7 Å². The molecule has 0 saturated carbocycles. The number of nitrogens with zero attached hydrogens (tertiary/aromatic N) is 2. The number of fused-ring (bicyclic) bond motifs is 5. The number of nitrogens with two attached hydrogens (primary N) is 1. The summed E-state index contributed by atoms with van der Waals surface area (Å²) in [5.41, 5.74) is 9.34. The van der Waals surface area contributed by atoms with Crippen LogP contribution in [-0.2, 0) is 13.0 Å². The Bertz CT molecular complexity index is 973. The SMILES string of the molecule is CNc1n[nH]c2c1-c1cnc(N)c(c1)OCc1cc(F)ccc1OCCC2. The minimum Gasteiger partial charge on any atom is -0.493 e. The number of hydrogen-bond acceptors (Lipinski definition) is 6. The van der Waals surface area contributed by atoms with Gasteiger partial charge in [-0.15, -0.1) is 0 Å². The Kier molecular flexibility index (Phi) is 4.53. The topological polar surface area (TPSA) is 98.1 Å². The maximum Gasteiger partial charge on any atom is 0.166 e. The number of pyridine rings is 1. The molecule has 0 atom stereocenters. The zero-order valence-electron chi connectivity index (χ0n) is 14.9. The summed E-state index contributed by atoms with van der Waals surface area (Å²) in [6.45, 7) is 0.615. The second-order valence-electron chi connectivity index (χ2n) is 6.28. The fraction of sp³-hybridized carbons (Fsp3) is 0.263. The van der Waals surface area contributed by atoms with Crippen LogP contribution in [0.4, 0.5) is 16.0 Å². The Morgan fingerprint density at radius 1 is 1.22 bits per heavy atom. The normalized spacial score (nSPS) is 13.7. The van der Waals surface area contributed by atoms with Crippen LogP contribution in [-0.4, -0.2) is 28.8 Å². The number of nitrogens with one attached hydrogen (secondary N) is 2. The number of H-pyrrole nitrogens is 1. The van der Waals surface area contributed by atoms with Gasteiger partial charge in [0.05, 0.1) is 6.61 Å². The average Bonchev–Trinajstić information content (AvgIpc) is 3.08. The number of benzene rings is 1. The van der Waals surface area contributed by atoms with E-state index in [0.717, 1.165) is 35.5 Å². The number of anilines is 2. The Labute approximate surface area is 155 Å². The number of halogens is 1. The molecule has 1 aliphatic heterocycles. The fourth-order valence-electron chi connectivity index (χ4n) is 3.15. The molecule has 1 aliphatic rings. The van der Waals surface area contributed by atoms with E-state index in [1.54, 1.807) is 12.3 Å². The standard InChI is InChI=1S/C19H20FN5O2/c1-22-19-17-11-8-16(18(21)23-9-11)27-10-12-7-13(20)4-5-15(12)26-6-2-3-14(17)24-25-19/h4-5,7-9H,2-3,6,10H2,1H3,(H2,21,23)(H2,22,24,25). The van der Waals surface area contributed by atoms with Crippen molar-refractivity contribution < 1.29 is 13.9 Å². The van der Waals surface area contributed by atoms with E-state index in [1.165, 1.54) is 12.1 Å². The van der Waals surface area contributed by atoms with Gasteiger partial charge in [-0.25, -0.2) is 9.37 Å². The first-order chi connectivity index (χ1) is 13.2. The van der Waals surface area contributed by atoms with Gasteiger partial charge in [0.2, 0.25) is 0 Å². The highest BCUT2D eigenvalue weighted by Gasteiger charge is 2.18. The summed E-state index contributed by atoms with van der Waals surface area (Å²) < 4.78 is 25.4. The third kappa shape index (κ3) is 3.38. The molecule has 140 valence electrons. The minimum atomic E-state index is -0.343. The molecule has 0 aliphatic carbocycles. The zero-order chi connectivity index (χ0) is 18.8. The van der Waals surface area contributed by atoms with E-state index >= 15 is 0 Å². The molecule has 0 unspecified atom stereocenters. The molecule has 27 heavy (non-hydrogen) atoms. The molecule has 3 heterocycles. The molecule has 0 saturated heterocycles. The van der Waals surface area contributed by atoms with Crippen LogP contribution < -0.4 is 20.5 Å². The smallest absolute Gasteiger partial charge is 0.166 e. The van der Waals surface area contributed by atoms with E-state index in [0.29, 0.717) is 23.7 Å². The van der Waals surface area contributed by atoms with Gasteiger partial charge in [0, 0.05) is 35.6 Å². The van der Waals surface area contributed by atoms with Crippen molar-refractivity contribution in [1.82, 2.24) is 15.2 Å². The molecule has 2 aromatic heterocycles. The summed E-state index contributed by atoms with van der Waals surface area (Å²) in [5.74, 6) is 1.67. The quantitative estimate of drug-likeness (QED) is 0.610. The van der Waals surface area contributed by atoms with Crippen LogP contribution in [0.15, 0.2) is 30.5 Å². The Hall–Kier alpha value is -3.29. The van der Waals surface area contributed by atoms with E-state index in [4.69, 9.17) is 15.2 Å². The molecule has 1 aromatic carbocycles. The molecule has 0 amide bonds. The van der Waals surface area contributed by atoms with Gasteiger partial charge in [-0.05, 0) is 37.1 Å². The number of hydrogen-bond donors (Lipinski definition) is 3. The lowest BCUT2D eigenvalue weighted by molar-refractivity contribution is 0.276. The Morgan fingerprint density at radius 2 is 2.11 bits per heavy atom. The molecule has 0 spiro atoms. The molecular weight excluding hydrogens is 349 g/mol. The predicted octanol–water partition coefficient (Wildman–Crippen LogP) is 3.14. The summed E-state index contributed by atoms with van der Waals surface area (Å²) >= 11 is 0. The van der Waals surface area contributed by atoms with Crippen LogP contribution in [0, 0.1) is 5.82 Å². The molecule has 2 bridgehead atoms. The Balaban J connectivity index is 1.78. The van der Waals surface area contributed by atoms with Crippen molar-refractivity contribution >= 4 is 11.6 Å². The van der Waals surface area contributed by atoms with Gasteiger partial charge in [0.25, 0.3) is 0 Å². The largest absolute Gasteiger partial charge is 0.493 e. The van der Waals surface area contributed by atoms with Crippen molar-refractivity contribution in [3.05, 3.63) is 47.5 Å². The molecule has 4 N–H and O–H groups in total. The first kappa shape index (κ1) is 17.1. The number of nitrogen functional groups attached to an aromatic ring is 1. The summed E-state index contributed by atoms with van der Waals surface area (Å²) in [6, 6.07) is 6.23. The summed E-state index contributed by atoms with van der Waals surface area (Å²) in [5, 5.41) is 10.5. The summed E-state index contributed by atoms with van der Waals surface area (Å²) in [6.07, 6.45) is 3.20. The van der Waals surface area contributed by atoms with Gasteiger partial charge >= 0.3 is 0 Å². The van der Waals surface area contributed by atoms with Crippen LogP contribution >= 0.6 is 0 Å². The van der Waals surface area contributed by atoms with Gasteiger partial charge in [0.1, 0.15) is 18.2 Å². The third-order valence-electron chi connectivity index (χ3n) is 4.48. The van der Waals surface area contributed by atoms with Crippen molar-refractivity contribution in [1.29, 1.82) is 0 Å². The fourth-order valence-corrected chi connectivity index (χ4v) is 3.15. The van der Waals surface area contributed by atoms with Crippen LogP contribution in [0.1, 0.15) is 17.7 Å². The number of aryl methyl sites for hydroxylation is 1. The highest BCUT2D eigenvalue weighted by molar-refractivity contribution is 5.78. The lowest BCUT2D eigenvalue weighted by Crippen LogP contribution is -2.05. The first-order valence-corrected chi connectivity index (χ1v) is 8.70. The van der Waals surface area contributed by atoms with Crippen molar-refractivity contribution in [2.45, 2.75) is 19.4 Å². The van der Waals surface area contributed by atoms with Crippen molar-refractivity contribution in [2.24, 2.45) is 0 Å². The van der Waals surface area contributed by atoms with Crippen LogP contribution in [0.3, 0.4) is 0 Å². The summed E-state index contributed by atoms with van der Waals surface area (Å²) in [7, 11) is 1.81. The maximum atomic E-state index is 13.7. The monoisotopic (exact) mass is 369 g/mol. The minimum absolute atomic E-state index is 0.125. The average molecular weight is 369 g/mol. The molecule has 7 nitrogen and oxygen atoms in total. The van der Waals surface area contributed by atoms with E-state index in [-0.39, 0.29) is 18.2 Å². The number of aromatic amines is 1. The van der Waals surface area contributed by atoms with E-state index < -0.39 is 0 Å². The van der Waals surface area contributed by atoms with Crippen molar-refractivity contribution in [3.8, 4) is 22.6 Å². The summed E-state index contributed by atoms with van der Waals surface area (Å²) in [4.78, 5) is 4.26. The highest BCUT2D eigenvalue weighted by atomic mass is 19.1. The van der Waals surface area contributed by atoms with Crippen molar-refractivity contribution in [3.63, 3.8) is 0 Å². The van der Waals surface area contributed by atoms with E-state index in [9.17, 15) is 4.39 Å². The number of rotatable bonds is 1. The van der Waals surface area contributed by atoms with E-state index in [2.05, 4.69) is 20.5 Å². The van der Waals surface area contributed by atoms with Gasteiger partial charge < -0.3 is 20.5 Å².